The van der Waals surface area contributed by atoms with Gasteiger partial charge in [-0.3, -0.25) is 15.1 Å². The van der Waals surface area contributed by atoms with Gasteiger partial charge in [-0.15, -0.1) is 0 Å². The lowest BCUT2D eigenvalue weighted by Crippen LogP contribution is -2.55. The van der Waals surface area contributed by atoms with E-state index in [1.54, 1.807) is 6.21 Å². The number of hydrogen-bond donors (Lipinski definition) is 5. The Hall–Kier alpha value is -4.54. The van der Waals surface area contributed by atoms with Crippen molar-refractivity contribution in [1.29, 1.82) is 0 Å². The van der Waals surface area contributed by atoms with Crippen LogP contribution in [-0.4, -0.2) is 62.4 Å². The van der Waals surface area contributed by atoms with Crippen LogP contribution in [0.25, 0.3) is 33.6 Å². The number of nitrogens with one attached hydrogen (secondary N) is 5. The van der Waals surface area contributed by atoms with Gasteiger partial charge in [-0.1, -0.05) is 62.4 Å². The van der Waals surface area contributed by atoms with E-state index in [0.717, 1.165) is 77.6 Å². The van der Waals surface area contributed by atoms with Crippen molar-refractivity contribution in [3.05, 3.63) is 84.8 Å². The molecule has 5 heterocycles. The van der Waals surface area contributed by atoms with Gasteiger partial charge in [-0.05, 0) is 66.5 Å². The molecule has 4 atom stereocenters. The highest BCUT2D eigenvalue weighted by Gasteiger charge is 2.37. The van der Waals surface area contributed by atoms with Gasteiger partial charge >= 0.3 is 0 Å². The van der Waals surface area contributed by atoms with Gasteiger partial charge in [0, 0.05) is 19.0 Å². The molecule has 5 N–H and O–H groups in total. The number of aromatic nitrogens is 4. The molecule has 2 aromatic heterocycles. The fourth-order valence-corrected chi connectivity index (χ4v) is 6.59. The van der Waals surface area contributed by atoms with Gasteiger partial charge in [-0.2, -0.15) is 0 Å². The van der Waals surface area contributed by atoms with Crippen LogP contribution < -0.4 is 16.0 Å². The van der Waals surface area contributed by atoms with E-state index in [0.29, 0.717) is 6.04 Å². The predicted molar refractivity (Wildman–Crippen MR) is 177 cm³/mol. The van der Waals surface area contributed by atoms with Crippen LogP contribution in [-0.2, 0) is 4.79 Å². The van der Waals surface area contributed by atoms with Crippen LogP contribution in [0.15, 0.2) is 78.2 Å². The summed E-state index contributed by atoms with van der Waals surface area (Å²) in [6.45, 7) is 5.91. The summed E-state index contributed by atoms with van der Waals surface area (Å²) in [4.78, 5) is 36.5. The van der Waals surface area contributed by atoms with Crippen molar-refractivity contribution in [2.75, 3.05) is 13.1 Å². The number of amides is 1. The largest absolute Gasteiger partial charge is 0.358 e. The van der Waals surface area contributed by atoms with Crippen LogP contribution in [0.5, 0.6) is 0 Å². The number of aliphatic imine (C=N–C) groups is 1. The number of H-pyrrole nitrogens is 2. The van der Waals surface area contributed by atoms with Gasteiger partial charge in [-0.25, -0.2) is 9.97 Å². The average Bonchev–Trinajstić information content (AvgIpc) is 3.91. The zero-order valence-corrected chi connectivity index (χ0v) is 25.8. The number of hydrogen-bond acceptors (Lipinski definition) is 7. The van der Waals surface area contributed by atoms with Crippen molar-refractivity contribution in [1.82, 2.24) is 40.8 Å². The fourth-order valence-electron chi connectivity index (χ4n) is 6.59. The minimum absolute atomic E-state index is 0.0739. The average molecular weight is 604 g/mol. The number of carbonyl (C=O) groups is 1. The number of aromatic amines is 2. The lowest BCUT2D eigenvalue weighted by Gasteiger charge is -2.32. The van der Waals surface area contributed by atoms with Gasteiger partial charge in [0.1, 0.15) is 11.6 Å². The number of carbonyl (C=O) groups excluding carboxylic acids is 1. The Balaban J connectivity index is 1.02. The molecule has 7 rings (SSSR count). The summed E-state index contributed by atoms with van der Waals surface area (Å²) in [5, 5.41) is 10.1. The summed E-state index contributed by atoms with van der Waals surface area (Å²) in [6, 6.07) is 17.1. The molecule has 0 bridgehead atoms. The SMILES string of the molecule is CC(C)[C@H](NC1N=CC=CN1)C(=O)N1CCC[C@H]1c1ncc(-c2ccc(-c3ccc(-c4cnc([C@@H]5CCCN5)[nH]4)cc3)cc2)[nH]1. The third-order valence-electron chi connectivity index (χ3n) is 9.10. The zero-order valence-electron chi connectivity index (χ0n) is 25.8. The van der Waals surface area contributed by atoms with E-state index >= 15 is 0 Å². The summed E-state index contributed by atoms with van der Waals surface area (Å²) >= 11 is 0. The first-order valence-electron chi connectivity index (χ1n) is 16.1. The van der Waals surface area contributed by atoms with Crippen molar-refractivity contribution >= 4 is 12.1 Å². The Morgan fingerprint density at radius 3 is 2.11 bits per heavy atom. The molecule has 3 aliphatic heterocycles. The molecule has 45 heavy (non-hydrogen) atoms. The topological polar surface area (TPSA) is 126 Å². The first-order valence-corrected chi connectivity index (χ1v) is 16.1. The highest BCUT2D eigenvalue weighted by atomic mass is 16.2. The maximum absolute atomic E-state index is 13.8. The molecule has 0 spiro atoms. The minimum atomic E-state index is -0.353. The Morgan fingerprint density at radius 2 is 1.51 bits per heavy atom. The van der Waals surface area contributed by atoms with Gasteiger partial charge < -0.3 is 25.5 Å². The molecule has 2 aromatic carbocycles. The van der Waals surface area contributed by atoms with E-state index in [1.165, 1.54) is 6.42 Å². The van der Waals surface area contributed by atoms with Gasteiger partial charge in [0.15, 0.2) is 6.29 Å². The molecule has 0 saturated carbocycles. The molecule has 2 fully saturated rings. The molecule has 232 valence electrons. The molecule has 4 aromatic rings. The van der Waals surface area contributed by atoms with Gasteiger partial charge in [0.2, 0.25) is 5.91 Å². The van der Waals surface area contributed by atoms with E-state index < -0.39 is 0 Å². The highest BCUT2D eigenvalue weighted by molar-refractivity contribution is 5.83. The Kier molecular flexibility index (Phi) is 8.32. The molecular weight excluding hydrogens is 562 g/mol. The van der Waals surface area contributed by atoms with E-state index in [9.17, 15) is 4.79 Å². The number of benzene rings is 2. The molecule has 2 saturated heterocycles. The smallest absolute Gasteiger partial charge is 0.240 e. The zero-order chi connectivity index (χ0) is 30.8. The maximum Gasteiger partial charge on any atom is 0.240 e. The molecule has 1 unspecified atom stereocenters. The molecule has 1 amide bonds. The van der Waals surface area contributed by atoms with Crippen molar-refractivity contribution in [3.63, 3.8) is 0 Å². The van der Waals surface area contributed by atoms with Crippen LogP contribution in [0.1, 0.15) is 63.3 Å². The van der Waals surface area contributed by atoms with E-state index in [4.69, 9.17) is 4.98 Å². The van der Waals surface area contributed by atoms with Crippen LogP contribution in [0.2, 0.25) is 0 Å². The van der Waals surface area contributed by atoms with Crippen molar-refractivity contribution in [3.8, 4) is 33.6 Å². The van der Waals surface area contributed by atoms with Crippen molar-refractivity contribution in [2.45, 2.75) is 63.9 Å². The monoisotopic (exact) mass is 603 g/mol. The first-order chi connectivity index (χ1) is 22.0. The van der Waals surface area contributed by atoms with E-state index in [2.05, 4.69) is 98.3 Å². The highest BCUT2D eigenvalue weighted by Crippen LogP contribution is 2.33. The summed E-state index contributed by atoms with van der Waals surface area (Å²) < 4.78 is 0. The Labute approximate surface area is 263 Å². The number of nitrogens with zero attached hydrogens (tertiary/aromatic N) is 4. The predicted octanol–water partition coefficient (Wildman–Crippen LogP) is 5.31. The summed E-state index contributed by atoms with van der Waals surface area (Å²) in [6.07, 6.45) is 13.1. The third kappa shape index (κ3) is 6.21. The van der Waals surface area contributed by atoms with E-state index in [-0.39, 0.29) is 30.2 Å². The molecule has 0 radical (unpaired) electrons. The lowest BCUT2D eigenvalue weighted by molar-refractivity contribution is -0.136. The van der Waals surface area contributed by atoms with Crippen LogP contribution in [0, 0.1) is 5.92 Å². The second-order valence-corrected chi connectivity index (χ2v) is 12.5. The second-order valence-electron chi connectivity index (χ2n) is 12.5. The summed E-state index contributed by atoms with van der Waals surface area (Å²) in [5.74, 6) is 2.06. The Bertz CT molecular complexity index is 1660. The van der Waals surface area contributed by atoms with Gasteiger partial charge in [0.25, 0.3) is 0 Å². The quantitative estimate of drug-likeness (QED) is 0.177. The number of rotatable bonds is 9. The number of likely N-dealkylation sites (tertiary alicyclic amines) is 1. The van der Waals surface area contributed by atoms with Crippen LogP contribution in [0.3, 0.4) is 0 Å². The molecule has 10 heteroatoms. The third-order valence-corrected chi connectivity index (χ3v) is 9.10. The molecular formula is C35H41N9O. The summed E-state index contributed by atoms with van der Waals surface area (Å²) in [5.41, 5.74) is 6.49. The molecule has 10 nitrogen and oxygen atoms in total. The van der Waals surface area contributed by atoms with Crippen molar-refractivity contribution < 1.29 is 4.79 Å². The standard InChI is InChI=1S/C35H41N9O/c1-22(2)31(43-35-37-17-5-18-38-35)34(45)44-19-4-7-30(44)33-40-21-29(42-33)26-14-10-24(11-15-26)23-8-12-25(13-9-23)28-20-39-32(41-28)27-6-3-16-36-27/h5,8-15,17-18,20-22,27,30-31,35-37,43H,3-4,6-7,16,19H2,1-2H3,(H,39,41)(H,40,42)/t27-,30-,31-,35?/m0/s1. The molecule has 3 aliphatic rings. The fraction of sp³-hybridized carbons (Fsp3) is 0.371. The lowest BCUT2D eigenvalue weighted by atomic mass is 10.0. The second kappa shape index (κ2) is 12.8. The normalized spacial score (nSPS) is 21.8. The van der Waals surface area contributed by atoms with Crippen LogP contribution >= 0.6 is 0 Å². The number of allylic oxidation sites excluding steroid dienone is 1. The number of imidazole rings is 2. The van der Waals surface area contributed by atoms with E-state index in [1.807, 2.05) is 29.6 Å². The Morgan fingerprint density at radius 1 is 0.867 bits per heavy atom. The van der Waals surface area contributed by atoms with Crippen molar-refractivity contribution in [2.24, 2.45) is 10.9 Å². The maximum atomic E-state index is 13.8. The summed E-state index contributed by atoms with van der Waals surface area (Å²) in [7, 11) is 0. The minimum Gasteiger partial charge on any atom is -0.358 e. The first kappa shape index (κ1) is 29.2. The molecule has 0 aliphatic carbocycles. The van der Waals surface area contributed by atoms with Gasteiger partial charge in [0.05, 0.1) is 41.9 Å². The van der Waals surface area contributed by atoms with Crippen LogP contribution in [0.4, 0.5) is 0 Å².